The maximum absolute atomic E-state index is 11.6. The van der Waals surface area contributed by atoms with E-state index in [1.165, 1.54) is 39.5 Å². The summed E-state index contributed by atoms with van der Waals surface area (Å²) in [6.45, 7) is 5.97. The highest BCUT2D eigenvalue weighted by molar-refractivity contribution is 5.75. The number of ether oxygens (including phenoxy) is 1. The number of carbonyl (C=O) groups is 1. The van der Waals surface area contributed by atoms with Crippen molar-refractivity contribution in [3.8, 4) is 0 Å². The van der Waals surface area contributed by atoms with Crippen molar-refractivity contribution < 1.29 is 9.53 Å². The number of hydrogen-bond donors (Lipinski definition) is 1. The van der Waals surface area contributed by atoms with Crippen LogP contribution in [0.4, 0.5) is 0 Å². The van der Waals surface area contributed by atoms with Crippen molar-refractivity contribution in [3.05, 3.63) is 0 Å². The highest BCUT2D eigenvalue weighted by Gasteiger charge is 2.37. The molecule has 0 aromatic heterocycles. The summed E-state index contributed by atoms with van der Waals surface area (Å²) in [5.41, 5.74) is 0. The van der Waals surface area contributed by atoms with Gasteiger partial charge in [-0.1, -0.05) is 13.3 Å². The molecule has 2 fully saturated rings. The zero-order chi connectivity index (χ0) is 12.3. The number of likely N-dealkylation sites (tertiary alicyclic amines) is 1. The van der Waals surface area contributed by atoms with E-state index < -0.39 is 0 Å². The van der Waals surface area contributed by atoms with Crippen molar-refractivity contribution in [1.29, 1.82) is 0 Å². The third kappa shape index (κ3) is 2.99. The van der Waals surface area contributed by atoms with Gasteiger partial charge < -0.3 is 15.0 Å². The van der Waals surface area contributed by atoms with Crippen LogP contribution in [0, 0.1) is 11.8 Å². The van der Waals surface area contributed by atoms with Crippen LogP contribution < -0.4 is 5.32 Å². The second-order valence-electron chi connectivity index (χ2n) is 5.30. The van der Waals surface area contributed by atoms with Crippen molar-refractivity contribution in [2.45, 2.75) is 32.2 Å². The number of carbonyl (C=O) groups excluding carboxylic acids is 1. The minimum absolute atomic E-state index is 0.135. The van der Waals surface area contributed by atoms with E-state index in [-0.39, 0.29) is 12.0 Å². The summed E-state index contributed by atoms with van der Waals surface area (Å²) >= 11 is 0. The molecule has 3 atom stereocenters. The number of fused-ring (bicyclic) bond motifs is 1. The lowest BCUT2D eigenvalue weighted by atomic mass is 10.0. The molecular weight excluding hydrogens is 216 g/mol. The summed E-state index contributed by atoms with van der Waals surface area (Å²) in [7, 11) is 1.46. The number of nitrogens with one attached hydrogen (secondary N) is 1. The summed E-state index contributed by atoms with van der Waals surface area (Å²) in [5, 5.41) is 3.21. The highest BCUT2D eigenvalue weighted by Crippen LogP contribution is 2.37. The maximum atomic E-state index is 11.6. The first-order valence-electron chi connectivity index (χ1n) is 6.78. The van der Waals surface area contributed by atoms with Gasteiger partial charge in [-0.3, -0.25) is 4.79 Å². The molecule has 1 aliphatic carbocycles. The normalized spacial score (nSPS) is 30.2. The zero-order valence-corrected chi connectivity index (χ0v) is 10.9. The predicted molar refractivity (Wildman–Crippen MR) is 66.8 cm³/mol. The van der Waals surface area contributed by atoms with Crippen LogP contribution in [-0.2, 0) is 9.53 Å². The molecule has 1 aliphatic heterocycles. The summed E-state index contributed by atoms with van der Waals surface area (Å²) < 4.78 is 4.84. The van der Waals surface area contributed by atoms with Crippen LogP contribution in [0.15, 0.2) is 0 Å². The molecule has 0 bridgehead atoms. The lowest BCUT2D eigenvalue weighted by Gasteiger charge is -2.23. The number of esters is 1. The van der Waals surface area contributed by atoms with Gasteiger partial charge >= 0.3 is 5.97 Å². The van der Waals surface area contributed by atoms with Gasteiger partial charge in [-0.2, -0.15) is 0 Å². The lowest BCUT2D eigenvalue weighted by Crippen LogP contribution is -2.46. The Morgan fingerprint density at radius 1 is 1.41 bits per heavy atom. The van der Waals surface area contributed by atoms with Gasteiger partial charge in [-0.25, -0.2) is 0 Å². The standard InChI is InChI=1S/C13H24N2O2/c1-3-14-12(13(16)17-2)9-15-7-10-5-4-6-11(10)8-15/h10-12,14H,3-9H2,1-2H3. The van der Waals surface area contributed by atoms with E-state index in [2.05, 4.69) is 10.2 Å². The van der Waals surface area contributed by atoms with Crippen molar-refractivity contribution in [3.63, 3.8) is 0 Å². The minimum Gasteiger partial charge on any atom is -0.468 e. The Hall–Kier alpha value is -0.610. The van der Waals surface area contributed by atoms with E-state index in [0.717, 1.165) is 24.9 Å². The topological polar surface area (TPSA) is 41.6 Å². The number of methoxy groups -OCH3 is 1. The summed E-state index contributed by atoms with van der Waals surface area (Å²) in [6, 6.07) is -0.163. The first kappa shape index (κ1) is 12.8. The van der Waals surface area contributed by atoms with Gasteiger partial charge in [0.15, 0.2) is 0 Å². The second-order valence-corrected chi connectivity index (χ2v) is 5.30. The monoisotopic (exact) mass is 240 g/mol. The van der Waals surface area contributed by atoms with Crippen LogP contribution in [0.25, 0.3) is 0 Å². The summed E-state index contributed by atoms with van der Waals surface area (Å²) in [5.74, 6) is 1.63. The summed E-state index contributed by atoms with van der Waals surface area (Å²) in [4.78, 5) is 14.1. The Morgan fingerprint density at radius 3 is 2.59 bits per heavy atom. The molecule has 4 heteroatoms. The van der Waals surface area contributed by atoms with E-state index in [1.54, 1.807) is 0 Å². The van der Waals surface area contributed by atoms with Gasteiger partial charge in [0.2, 0.25) is 0 Å². The van der Waals surface area contributed by atoms with E-state index in [9.17, 15) is 4.79 Å². The minimum atomic E-state index is -0.163. The van der Waals surface area contributed by atoms with Gasteiger partial charge in [-0.05, 0) is 31.2 Å². The fraction of sp³-hybridized carbons (Fsp3) is 0.923. The first-order valence-corrected chi connectivity index (χ1v) is 6.78. The summed E-state index contributed by atoms with van der Waals surface area (Å²) in [6.07, 6.45) is 4.16. The molecule has 0 amide bonds. The first-order chi connectivity index (χ1) is 8.24. The number of rotatable bonds is 5. The van der Waals surface area contributed by atoms with E-state index >= 15 is 0 Å². The number of hydrogen-bond acceptors (Lipinski definition) is 4. The largest absolute Gasteiger partial charge is 0.468 e. The third-order valence-electron chi connectivity index (χ3n) is 4.18. The third-order valence-corrected chi connectivity index (χ3v) is 4.18. The SMILES string of the molecule is CCNC(CN1CC2CCCC2C1)C(=O)OC. The average molecular weight is 240 g/mol. The van der Waals surface area contributed by atoms with Crippen LogP contribution in [0.1, 0.15) is 26.2 Å². The van der Waals surface area contributed by atoms with Gasteiger partial charge in [0, 0.05) is 19.6 Å². The van der Waals surface area contributed by atoms with Crippen LogP contribution in [-0.4, -0.2) is 50.2 Å². The molecule has 1 N–H and O–H groups in total. The number of likely N-dealkylation sites (N-methyl/N-ethyl adjacent to an activating group) is 1. The molecule has 2 rings (SSSR count). The fourth-order valence-corrected chi connectivity index (χ4v) is 3.35. The van der Waals surface area contributed by atoms with Gasteiger partial charge in [0.25, 0.3) is 0 Å². The Labute approximate surface area is 104 Å². The van der Waals surface area contributed by atoms with Crippen molar-refractivity contribution >= 4 is 5.97 Å². The second kappa shape index (κ2) is 5.83. The van der Waals surface area contributed by atoms with Crippen molar-refractivity contribution in [1.82, 2.24) is 10.2 Å². The molecule has 98 valence electrons. The fourth-order valence-electron chi connectivity index (χ4n) is 3.35. The average Bonchev–Trinajstić information content (AvgIpc) is 2.88. The van der Waals surface area contributed by atoms with Crippen LogP contribution in [0.3, 0.4) is 0 Å². The molecule has 0 aromatic rings. The Morgan fingerprint density at radius 2 is 2.06 bits per heavy atom. The maximum Gasteiger partial charge on any atom is 0.324 e. The smallest absolute Gasteiger partial charge is 0.324 e. The quantitative estimate of drug-likeness (QED) is 0.724. The molecule has 4 nitrogen and oxygen atoms in total. The van der Waals surface area contributed by atoms with Crippen LogP contribution in [0.5, 0.6) is 0 Å². The van der Waals surface area contributed by atoms with Gasteiger partial charge in [0.1, 0.15) is 6.04 Å². The van der Waals surface area contributed by atoms with Crippen LogP contribution >= 0.6 is 0 Å². The van der Waals surface area contributed by atoms with Crippen LogP contribution in [0.2, 0.25) is 0 Å². The Kier molecular flexibility index (Phi) is 4.40. The molecule has 17 heavy (non-hydrogen) atoms. The predicted octanol–water partition coefficient (Wildman–Crippen LogP) is 0.869. The zero-order valence-electron chi connectivity index (χ0n) is 10.9. The van der Waals surface area contributed by atoms with Gasteiger partial charge in [-0.15, -0.1) is 0 Å². The molecule has 0 radical (unpaired) electrons. The molecule has 0 aromatic carbocycles. The molecule has 1 saturated heterocycles. The van der Waals surface area contributed by atoms with Crippen molar-refractivity contribution in [2.24, 2.45) is 11.8 Å². The Bertz CT molecular complexity index is 258. The molecule has 3 unspecified atom stereocenters. The molecule has 1 heterocycles. The molecule has 0 spiro atoms. The Balaban J connectivity index is 1.84. The van der Waals surface area contributed by atoms with E-state index in [1.807, 2.05) is 6.92 Å². The molecule has 1 saturated carbocycles. The lowest BCUT2D eigenvalue weighted by molar-refractivity contribution is -0.143. The highest BCUT2D eigenvalue weighted by atomic mass is 16.5. The number of nitrogens with zero attached hydrogens (tertiary/aromatic N) is 1. The van der Waals surface area contributed by atoms with Crippen molar-refractivity contribution in [2.75, 3.05) is 33.3 Å². The molecule has 2 aliphatic rings. The van der Waals surface area contributed by atoms with E-state index in [0.29, 0.717) is 0 Å². The molecular formula is C13H24N2O2. The van der Waals surface area contributed by atoms with Gasteiger partial charge in [0.05, 0.1) is 7.11 Å². The van der Waals surface area contributed by atoms with E-state index in [4.69, 9.17) is 4.74 Å².